The van der Waals surface area contributed by atoms with Crippen LogP contribution in [0.3, 0.4) is 0 Å². The van der Waals surface area contributed by atoms with E-state index < -0.39 is 0 Å². The normalized spacial score (nSPS) is 9.61. The van der Waals surface area contributed by atoms with E-state index >= 15 is 0 Å². The fourth-order valence-corrected chi connectivity index (χ4v) is 2.24. The molecule has 0 unspecified atom stereocenters. The second kappa shape index (κ2) is 6.85. The Bertz CT molecular complexity index is 538. The largest absolute Gasteiger partial charge is 0.320 e. The smallest absolute Gasteiger partial charge is 0.0963 e. The Labute approximate surface area is 112 Å². The van der Waals surface area contributed by atoms with Crippen molar-refractivity contribution in [3.05, 3.63) is 59.8 Å². The molecule has 0 spiro atoms. The Balaban J connectivity index is 1.94. The van der Waals surface area contributed by atoms with Gasteiger partial charge in [0.15, 0.2) is 0 Å². The molecule has 3 heteroatoms. The summed E-state index contributed by atoms with van der Waals surface area (Å²) >= 11 is 1.73. The van der Waals surface area contributed by atoms with E-state index in [2.05, 4.69) is 29.0 Å². The lowest BCUT2D eigenvalue weighted by Crippen LogP contribution is -1.93. The first-order valence-corrected chi connectivity index (χ1v) is 6.69. The maximum atomic E-state index is 5.33. The minimum Gasteiger partial charge on any atom is -0.320 e. The van der Waals surface area contributed by atoms with Crippen LogP contribution in [0.5, 0.6) is 0 Å². The minimum absolute atomic E-state index is 0.400. The fraction of sp³-hybridized carbons (Fsp3) is 0.133. The van der Waals surface area contributed by atoms with Gasteiger partial charge in [0.25, 0.3) is 0 Å². The van der Waals surface area contributed by atoms with Gasteiger partial charge in [-0.3, -0.25) is 0 Å². The number of aromatic nitrogens is 1. The highest BCUT2D eigenvalue weighted by molar-refractivity contribution is 7.98. The molecule has 2 N–H and O–H groups in total. The van der Waals surface area contributed by atoms with Gasteiger partial charge in [-0.05, 0) is 29.8 Å². The molecular formula is C15H14N2S. The van der Waals surface area contributed by atoms with Gasteiger partial charge in [-0.15, -0.1) is 11.8 Å². The monoisotopic (exact) mass is 254 g/mol. The average molecular weight is 254 g/mol. The van der Waals surface area contributed by atoms with Gasteiger partial charge >= 0.3 is 0 Å². The highest BCUT2D eigenvalue weighted by atomic mass is 32.2. The average Bonchev–Trinajstić information content (AvgIpc) is 2.45. The van der Waals surface area contributed by atoms with Crippen molar-refractivity contribution in [1.82, 2.24) is 4.98 Å². The first kappa shape index (κ1) is 12.7. The van der Waals surface area contributed by atoms with Crippen molar-refractivity contribution in [3.8, 4) is 11.8 Å². The molecule has 90 valence electrons. The number of benzene rings is 1. The lowest BCUT2D eigenvalue weighted by atomic mass is 10.1. The Morgan fingerprint density at radius 3 is 2.61 bits per heavy atom. The summed E-state index contributed by atoms with van der Waals surface area (Å²) in [5, 5.41) is 1.05. The van der Waals surface area contributed by atoms with Gasteiger partial charge in [0.05, 0.1) is 11.6 Å². The molecule has 2 rings (SSSR count). The van der Waals surface area contributed by atoms with Crippen molar-refractivity contribution in [2.75, 3.05) is 6.54 Å². The number of rotatable bonds is 3. The van der Waals surface area contributed by atoms with Gasteiger partial charge in [0.2, 0.25) is 0 Å². The van der Waals surface area contributed by atoms with Crippen molar-refractivity contribution in [2.24, 2.45) is 5.73 Å². The van der Waals surface area contributed by atoms with Crippen LogP contribution in [-0.2, 0) is 5.75 Å². The molecule has 0 aliphatic rings. The van der Waals surface area contributed by atoms with E-state index in [1.807, 2.05) is 36.5 Å². The first-order valence-electron chi connectivity index (χ1n) is 5.70. The molecular weight excluding hydrogens is 240 g/mol. The van der Waals surface area contributed by atoms with E-state index in [0.717, 1.165) is 16.3 Å². The summed E-state index contributed by atoms with van der Waals surface area (Å²) in [4.78, 5) is 4.28. The maximum Gasteiger partial charge on any atom is 0.0963 e. The van der Waals surface area contributed by atoms with Gasteiger partial charge in [-0.1, -0.05) is 30.0 Å². The predicted molar refractivity (Wildman–Crippen MR) is 76.2 cm³/mol. The minimum atomic E-state index is 0.400. The molecule has 2 aromatic rings. The standard InChI is InChI=1S/C15H14N2S/c16-10-3-4-13-6-8-14(9-7-13)12-18-15-5-1-2-11-17-15/h1-2,5-9,11H,10,12,16H2. The summed E-state index contributed by atoms with van der Waals surface area (Å²) in [5.41, 5.74) is 7.61. The van der Waals surface area contributed by atoms with Crippen LogP contribution in [0.15, 0.2) is 53.7 Å². The van der Waals surface area contributed by atoms with Gasteiger partial charge in [0.1, 0.15) is 0 Å². The Kier molecular flexibility index (Phi) is 4.83. The van der Waals surface area contributed by atoms with Gasteiger partial charge < -0.3 is 5.73 Å². The van der Waals surface area contributed by atoms with Gasteiger partial charge in [-0.2, -0.15) is 0 Å². The Morgan fingerprint density at radius 1 is 1.11 bits per heavy atom. The van der Waals surface area contributed by atoms with Crippen LogP contribution >= 0.6 is 11.8 Å². The molecule has 0 saturated heterocycles. The number of nitrogens with two attached hydrogens (primary N) is 1. The number of nitrogens with zero attached hydrogens (tertiary/aromatic N) is 1. The topological polar surface area (TPSA) is 38.9 Å². The van der Waals surface area contributed by atoms with Crippen LogP contribution in [0.1, 0.15) is 11.1 Å². The molecule has 0 aliphatic heterocycles. The van der Waals surface area contributed by atoms with Crippen molar-refractivity contribution in [2.45, 2.75) is 10.8 Å². The molecule has 1 aromatic heterocycles. The highest BCUT2D eigenvalue weighted by Gasteiger charge is 1.96. The molecule has 0 amide bonds. The zero-order chi connectivity index (χ0) is 12.6. The van der Waals surface area contributed by atoms with Crippen molar-refractivity contribution >= 4 is 11.8 Å². The van der Waals surface area contributed by atoms with E-state index in [1.165, 1.54) is 5.56 Å². The van der Waals surface area contributed by atoms with Crippen LogP contribution in [-0.4, -0.2) is 11.5 Å². The second-order valence-electron chi connectivity index (χ2n) is 3.66. The van der Waals surface area contributed by atoms with Crippen molar-refractivity contribution in [1.29, 1.82) is 0 Å². The van der Waals surface area contributed by atoms with Crippen LogP contribution in [0, 0.1) is 11.8 Å². The summed E-state index contributed by atoms with van der Waals surface area (Å²) in [6, 6.07) is 14.2. The van der Waals surface area contributed by atoms with Crippen LogP contribution in [0.4, 0.5) is 0 Å². The SMILES string of the molecule is NCC#Cc1ccc(CSc2ccccn2)cc1. The molecule has 0 atom stereocenters. The van der Waals surface area contributed by atoms with Crippen molar-refractivity contribution < 1.29 is 0 Å². The summed E-state index contributed by atoms with van der Waals surface area (Å²) in [7, 11) is 0. The molecule has 0 aliphatic carbocycles. The van der Waals surface area contributed by atoms with Crippen LogP contribution in [0.25, 0.3) is 0 Å². The quantitative estimate of drug-likeness (QED) is 0.676. The summed E-state index contributed by atoms with van der Waals surface area (Å²) < 4.78 is 0. The summed E-state index contributed by atoms with van der Waals surface area (Å²) in [5.74, 6) is 6.77. The zero-order valence-corrected chi connectivity index (χ0v) is 10.8. The van der Waals surface area contributed by atoms with E-state index in [4.69, 9.17) is 5.73 Å². The lowest BCUT2D eigenvalue weighted by molar-refractivity contribution is 1.13. The van der Waals surface area contributed by atoms with E-state index in [-0.39, 0.29) is 0 Å². The first-order chi connectivity index (χ1) is 8.88. The molecule has 0 fully saturated rings. The van der Waals surface area contributed by atoms with E-state index in [9.17, 15) is 0 Å². The molecule has 18 heavy (non-hydrogen) atoms. The van der Waals surface area contributed by atoms with Gasteiger partial charge in [-0.25, -0.2) is 4.98 Å². The molecule has 1 aromatic carbocycles. The van der Waals surface area contributed by atoms with E-state index in [1.54, 1.807) is 11.8 Å². The molecule has 0 radical (unpaired) electrons. The third kappa shape index (κ3) is 3.92. The summed E-state index contributed by atoms with van der Waals surface area (Å²) in [6.07, 6.45) is 1.81. The summed E-state index contributed by atoms with van der Waals surface area (Å²) in [6.45, 7) is 0.400. The number of thioether (sulfide) groups is 1. The van der Waals surface area contributed by atoms with Crippen LogP contribution in [0.2, 0.25) is 0 Å². The third-order valence-electron chi connectivity index (χ3n) is 2.31. The Morgan fingerprint density at radius 2 is 1.94 bits per heavy atom. The molecule has 2 nitrogen and oxygen atoms in total. The molecule has 0 bridgehead atoms. The maximum absolute atomic E-state index is 5.33. The number of hydrogen-bond acceptors (Lipinski definition) is 3. The number of pyridine rings is 1. The third-order valence-corrected chi connectivity index (χ3v) is 3.33. The second-order valence-corrected chi connectivity index (χ2v) is 4.66. The Hall–Kier alpha value is -1.76. The van der Waals surface area contributed by atoms with E-state index in [0.29, 0.717) is 6.54 Å². The van der Waals surface area contributed by atoms with Gasteiger partial charge in [0, 0.05) is 17.5 Å². The fourth-order valence-electron chi connectivity index (χ4n) is 1.43. The molecule has 1 heterocycles. The molecule has 0 saturated carbocycles. The predicted octanol–water partition coefficient (Wildman–Crippen LogP) is 2.68. The number of hydrogen-bond donors (Lipinski definition) is 1. The van der Waals surface area contributed by atoms with Crippen LogP contribution < -0.4 is 5.73 Å². The highest BCUT2D eigenvalue weighted by Crippen LogP contribution is 2.20. The lowest BCUT2D eigenvalue weighted by Gasteiger charge is -2.01. The van der Waals surface area contributed by atoms with Crippen molar-refractivity contribution in [3.63, 3.8) is 0 Å². The zero-order valence-electron chi connectivity index (χ0n) is 9.97.